The largest absolute Gasteiger partial charge is 0.484 e. The topological polar surface area (TPSA) is 109 Å². The highest BCUT2D eigenvalue weighted by atomic mass is 16.5. The van der Waals surface area contributed by atoms with Crippen molar-refractivity contribution in [1.82, 2.24) is 10.7 Å². The van der Waals surface area contributed by atoms with Gasteiger partial charge in [0.1, 0.15) is 5.75 Å². The van der Waals surface area contributed by atoms with Crippen molar-refractivity contribution in [1.29, 1.82) is 0 Å². The monoisotopic (exact) mass is 438 g/mol. The number of unbranched alkanes of at least 4 members (excludes halogenated alkanes) is 1. The number of rotatable bonds is 9. The Kier molecular flexibility index (Phi) is 9.41. The molecule has 3 N–H and O–H groups in total. The van der Waals surface area contributed by atoms with E-state index in [0.717, 1.165) is 35.2 Å². The molecule has 0 fully saturated rings. The summed E-state index contributed by atoms with van der Waals surface area (Å²) in [7, 11) is 0. The second-order valence-electron chi connectivity index (χ2n) is 7.49. The minimum Gasteiger partial charge on any atom is -0.484 e. The van der Waals surface area contributed by atoms with E-state index >= 15 is 0 Å². The highest BCUT2D eigenvalue weighted by molar-refractivity contribution is 6.35. The molecule has 0 atom stereocenters. The Labute approximate surface area is 188 Å². The van der Waals surface area contributed by atoms with Crippen LogP contribution in [0, 0.1) is 20.8 Å². The smallest absolute Gasteiger partial charge is 0.329 e. The number of nitrogens with zero attached hydrogens (tertiary/aromatic N) is 1. The molecular weight excluding hydrogens is 408 g/mol. The van der Waals surface area contributed by atoms with Gasteiger partial charge in [0, 0.05) is 12.2 Å². The molecule has 0 bridgehead atoms. The van der Waals surface area contributed by atoms with E-state index in [-0.39, 0.29) is 12.5 Å². The van der Waals surface area contributed by atoms with Crippen molar-refractivity contribution in [3.63, 3.8) is 0 Å². The van der Waals surface area contributed by atoms with Gasteiger partial charge in [-0.15, -0.1) is 0 Å². The van der Waals surface area contributed by atoms with E-state index in [4.69, 9.17) is 4.74 Å². The highest BCUT2D eigenvalue weighted by Crippen LogP contribution is 2.22. The second kappa shape index (κ2) is 12.2. The molecule has 0 heterocycles. The first-order valence-corrected chi connectivity index (χ1v) is 10.5. The average Bonchev–Trinajstić information content (AvgIpc) is 2.75. The summed E-state index contributed by atoms with van der Waals surface area (Å²) < 4.78 is 5.54. The lowest BCUT2D eigenvalue weighted by atomic mass is 10.1. The van der Waals surface area contributed by atoms with Gasteiger partial charge in [-0.3, -0.25) is 14.4 Å². The summed E-state index contributed by atoms with van der Waals surface area (Å²) in [5, 5.41) is 9.18. The zero-order chi connectivity index (χ0) is 23.5. The zero-order valence-electron chi connectivity index (χ0n) is 19.0. The first-order chi connectivity index (χ1) is 15.3. The van der Waals surface area contributed by atoms with Crippen molar-refractivity contribution >= 4 is 29.6 Å². The van der Waals surface area contributed by atoms with Crippen molar-refractivity contribution in [3.05, 3.63) is 58.7 Å². The summed E-state index contributed by atoms with van der Waals surface area (Å²) in [6.45, 7) is 8.26. The van der Waals surface area contributed by atoms with Crippen molar-refractivity contribution in [2.45, 2.75) is 40.5 Å². The van der Waals surface area contributed by atoms with Crippen molar-refractivity contribution in [2.75, 3.05) is 18.5 Å². The molecule has 0 saturated carbocycles. The van der Waals surface area contributed by atoms with Crippen LogP contribution in [0.1, 0.15) is 42.0 Å². The van der Waals surface area contributed by atoms with Crippen LogP contribution in [0.2, 0.25) is 0 Å². The van der Waals surface area contributed by atoms with Crippen LogP contribution in [-0.2, 0) is 14.4 Å². The molecule has 2 rings (SSSR count). The van der Waals surface area contributed by atoms with Crippen LogP contribution in [-0.4, -0.2) is 37.1 Å². The number of anilines is 1. The summed E-state index contributed by atoms with van der Waals surface area (Å²) in [6, 6.07) is 10.9. The van der Waals surface area contributed by atoms with Gasteiger partial charge in [-0.25, -0.2) is 5.43 Å². The number of benzene rings is 2. The van der Waals surface area contributed by atoms with Crippen molar-refractivity contribution in [2.24, 2.45) is 5.10 Å². The average molecular weight is 439 g/mol. The number of carbonyl (C=O) groups is 3. The second-order valence-corrected chi connectivity index (χ2v) is 7.49. The quantitative estimate of drug-likeness (QED) is 0.242. The molecule has 0 radical (unpaired) electrons. The molecule has 3 amide bonds. The molecule has 0 spiro atoms. The van der Waals surface area contributed by atoms with E-state index in [1.807, 2.05) is 39.8 Å². The Bertz CT molecular complexity index is 961. The van der Waals surface area contributed by atoms with Gasteiger partial charge in [0.15, 0.2) is 6.61 Å². The number of hydrogen-bond donors (Lipinski definition) is 3. The normalized spacial score (nSPS) is 10.6. The molecular formula is C24H30N4O4. The van der Waals surface area contributed by atoms with Gasteiger partial charge in [0.05, 0.1) is 6.21 Å². The van der Waals surface area contributed by atoms with Gasteiger partial charge in [-0.1, -0.05) is 31.0 Å². The molecule has 2 aromatic carbocycles. The Morgan fingerprint density at radius 3 is 2.28 bits per heavy atom. The maximum atomic E-state index is 12.3. The summed E-state index contributed by atoms with van der Waals surface area (Å²) in [6.07, 6.45) is 3.15. The number of amides is 3. The fourth-order valence-electron chi connectivity index (χ4n) is 3.03. The molecule has 8 nitrogen and oxygen atoms in total. The standard InChI is InChI=1S/C24H30N4O4/c1-5-6-11-25-23(30)24(31)28-26-14-19-7-9-20(10-8-19)32-15-21(29)27-22-17(3)12-16(2)13-18(22)4/h7-10,12-14H,5-6,11,15H2,1-4H3,(H,25,30)(H,27,29)(H,28,31)/b26-14-. The highest BCUT2D eigenvalue weighted by Gasteiger charge is 2.11. The first kappa shape index (κ1) is 24.6. The van der Waals surface area contributed by atoms with Gasteiger partial charge in [-0.2, -0.15) is 5.10 Å². The third kappa shape index (κ3) is 7.86. The van der Waals surface area contributed by atoms with E-state index in [1.54, 1.807) is 24.3 Å². The minimum absolute atomic E-state index is 0.122. The minimum atomic E-state index is -0.817. The Morgan fingerprint density at radius 2 is 1.66 bits per heavy atom. The van der Waals surface area contributed by atoms with E-state index < -0.39 is 11.8 Å². The third-order valence-electron chi connectivity index (χ3n) is 4.59. The number of nitrogens with one attached hydrogen (secondary N) is 3. The predicted octanol–water partition coefficient (Wildman–Crippen LogP) is 3.00. The molecule has 2 aromatic rings. The van der Waals surface area contributed by atoms with E-state index in [1.165, 1.54) is 6.21 Å². The summed E-state index contributed by atoms with van der Waals surface area (Å²) in [5.41, 5.74) is 6.83. The first-order valence-electron chi connectivity index (χ1n) is 10.5. The van der Waals surface area contributed by atoms with Crippen molar-refractivity contribution < 1.29 is 19.1 Å². The van der Waals surface area contributed by atoms with Gasteiger partial charge in [0.25, 0.3) is 5.91 Å². The predicted molar refractivity (Wildman–Crippen MR) is 125 cm³/mol. The Balaban J connectivity index is 1.80. The lowest BCUT2D eigenvalue weighted by Gasteiger charge is -2.13. The Hall–Kier alpha value is -3.68. The van der Waals surface area contributed by atoms with Crippen molar-refractivity contribution in [3.8, 4) is 5.75 Å². The molecule has 0 aliphatic carbocycles. The van der Waals surface area contributed by atoms with Crippen LogP contribution in [0.25, 0.3) is 0 Å². The summed E-state index contributed by atoms with van der Waals surface area (Å²) >= 11 is 0. The Morgan fingerprint density at radius 1 is 1.00 bits per heavy atom. The van der Waals surface area contributed by atoms with Crippen LogP contribution >= 0.6 is 0 Å². The van der Waals surface area contributed by atoms with E-state index in [9.17, 15) is 14.4 Å². The lowest BCUT2D eigenvalue weighted by Crippen LogP contribution is -2.38. The van der Waals surface area contributed by atoms with Crippen LogP contribution in [0.5, 0.6) is 5.75 Å². The number of carbonyl (C=O) groups excluding carboxylic acids is 3. The van der Waals surface area contributed by atoms with E-state index in [2.05, 4.69) is 21.2 Å². The van der Waals surface area contributed by atoms with Crippen LogP contribution in [0.4, 0.5) is 5.69 Å². The molecule has 32 heavy (non-hydrogen) atoms. The molecule has 0 aromatic heterocycles. The fourth-order valence-corrected chi connectivity index (χ4v) is 3.03. The molecule has 0 aliphatic heterocycles. The van der Waals surface area contributed by atoms with Gasteiger partial charge >= 0.3 is 11.8 Å². The van der Waals surface area contributed by atoms with Gasteiger partial charge in [0.2, 0.25) is 0 Å². The van der Waals surface area contributed by atoms with Crippen LogP contribution in [0.3, 0.4) is 0 Å². The molecule has 0 saturated heterocycles. The summed E-state index contributed by atoms with van der Waals surface area (Å²) in [4.78, 5) is 35.4. The van der Waals surface area contributed by atoms with Gasteiger partial charge in [-0.05, 0) is 68.1 Å². The lowest BCUT2D eigenvalue weighted by molar-refractivity contribution is -0.139. The molecule has 0 unspecified atom stereocenters. The molecule has 8 heteroatoms. The SMILES string of the molecule is CCCCNC(=O)C(=O)N/N=C\c1ccc(OCC(=O)Nc2c(C)cc(C)cc2C)cc1. The van der Waals surface area contributed by atoms with E-state index in [0.29, 0.717) is 17.9 Å². The number of hydrazone groups is 1. The van der Waals surface area contributed by atoms with Crippen LogP contribution < -0.4 is 20.8 Å². The maximum Gasteiger partial charge on any atom is 0.329 e. The molecule has 0 aliphatic rings. The molecule has 170 valence electrons. The number of ether oxygens (including phenoxy) is 1. The van der Waals surface area contributed by atoms with Gasteiger partial charge < -0.3 is 15.4 Å². The number of hydrogen-bond acceptors (Lipinski definition) is 5. The third-order valence-corrected chi connectivity index (χ3v) is 4.59. The van der Waals surface area contributed by atoms with Crippen LogP contribution in [0.15, 0.2) is 41.5 Å². The number of aryl methyl sites for hydroxylation is 3. The maximum absolute atomic E-state index is 12.3. The summed E-state index contributed by atoms with van der Waals surface area (Å²) in [5.74, 6) is -1.25. The fraction of sp³-hybridized carbons (Fsp3) is 0.333. The zero-order valence-corrected chi connectivity index (χ0v) is 19.0.